The summed E-state index contributed by atoms with van der Waals surface area (Å²) in [5.41, 5.74) is -0.189. The SMILES string of the molecule is CO/C(=C/C(=O)O)c1c(C)oc(C)cc1=O. The highest BCUT2D eigenvalue weighted by atomic mass is 16.5. The summed E-state index contributed by atoms with van der Waals surface area (Å²) in [6.45, 7) is 3.23. The maximum atomic E-state index is 11.7. The number of rotatable bonds is 3. The molecule has 5 heteroatoms. The van der Waals surface area contributed by atoms with Gasteiger partial charge < -0.3 is 14.3 Å². The van der Waals surface area contributed by atoms with Crippen molar-refractivity contribution >= 4 is 11.7 Å². The summed E-state index contributed by atoms with van der Waals surface area (Å²) in [7, 11) is 1.30. The van der Waals surface area contributed by atoms with Crippen molar-refractivity contribution < 1.29 is 19.1 Å². The van der Waals surface area contributed by atoms with Crippen LogP contribution in [-0.2, 0) is 9.53 Å². The molecule has 1 aromatic rings. The number of carbonyl (C=O) groups is 1. The smallest absolute Gasteiger partial charge is 0.332 e. The summed E-state index contributed by atoms with van der Waals surface area (Å²) >= 11 is 0. The highest BCUT2D eigenvalue weighted by Crippen LogP contribution is 2.16. The van der Waals surface area contributed by atoms with Crippen LogP contribution in [0.4, 0.5) is 0 Å². The summed E-state index contributed by atoms with van der Waals surface area (Å²) in [5.74, 6) is -0.397. The van der Waals surface area contributed by atoms with Gasteiger partial charge in [-0.2, -0.15) is 0 Å². The maximum absolute atomic E-state index is 11.7. The van der Waals surface area contributed by atoms with Crippen molar-refractivity contribution in [3.8, 4) is 0 Å². The zero-order chi connectivity index (χ0) is 12.3. The highest BCUT2D eigenvalue weighted by Gasteiger charge is 2.14. The van der Waals surface area contributed by atoms with Gasteiger partial charge in [0.2, 0.25) is 0 Å². The van der Waals surface area contributed by atoms with Crippen molar-refractivity contribution in [2.24, 2.45) is 0 Å². The Bertz CT molecular complexity index is 496. The van der Waals surface area contributed by atoms with Gasteiger partial charge in [0, 0.05) is 6.07 Å². The predicted molar refractivity (Wildman–Crippen MR) is 57.1 cm³/mol. The summed E-state index contributed by atoms with van der Waals surface area (Å²) in [6, 6.07) is 1.29. The minimum Gasteiger partial charge on any atom is -0.496 e. The summed E-state index contributed by atoms with van der Waals surface area (Å²) < 4.78 is 10.1. The van der Waals surface area contributed by atoms with E-state index in [1.807, 2.05) is 0 Å². The largest absolute Gasteiger partial charge is 0.496 e. The van der Waals surface area contributed by atoms with Gasteiger partial charge in [-0.3, -0.25) is 4.79 Å². The lowest BCUT2D eigenvalue weighted by atomic mass is 10.1. The van der Waals surface area contributed by atoms with Crippen molar-refractivity contribution in [1.82, 2.24) is 0 Å². The van der Waals surface area contributed by atoms with E-state index in [4.69, 9.17) is 14.3 Å². The minimum atomic E-state index is -1.18. The van der Waals surface area contributed by atoms with E-state index in [9.17, 15) is 9.59 Å². The van der Waals surface area contributed by atoms with Crippen LogP contribution in [0.1, 0.15) is 17.1 Å². The lowest BCUT2D eigenvalue weighted by molar-refractivity contribution is -0.131. The molecule has 86 valence electrons. The molecule has 0 aliphatic rings. The zero-order valence-electron chi connectivity index (χ0n) is 9.23. The van der Waals surface area contributed by atoms with E-state index in [0.717, 1.165) is 6.08 Å². The van der Waals surface area contributed by atoms with E-state index in [1.54, 1.807) is 13.8 Å². The normalized spacial score (nSPS) is 11.3. The van der Waals surface area contributed by atoms with Crippen molar-refractivity contribution in [3.05, 3.63) is 39.4 Å². The fraction of sp³-hybridized carbons (Fsp3) is 0.273. The van der Waals surface area contributed by atoms with Crippen molar-refractivity contribution in [2.75, 3.05) is 7.11 Å². The molecule has 1 N–H and O–H groups in total. The van der Waals surface area contributed by atoms with Crippen LogP contribution in [0.2, 0.25) is 0 Å². The minimum absolute atomic E-state index is 0.0150. The molecule has 1 aromatic heterocycles. The molecule has 0 aromatic carbocycles. The average Bonchev–Trinajstić information content (AvgIpc) is 2.13. The molecular weight excluding hydrogens is 212 g/mol. The second-order valence-electron chi connectivity index (χ2n) is 3.20. The van der Waals surface area contributed by atoms with E-state index in [2.05, 4.69) is 0 Å². The lowest BCUT2D eigenvalue weighted by Crippen LogP contribution is -2.11. The molecule has 0 spiro atoms. The first-order chi connectivity index (χ1) is 7.45. The number of hydrogen-bond donors (Lipinski definition) is 1. The number of methoxy groups -OCH3 is 1. The second kappa shape index (κ2) is 4.65. The Kier molecular flexibility index (Phi) is 3.50. The first-order valence-corrected chi connectivity index (χ1v) is 4.56. The van der Waals surface area contributed by atoms with Gasteiger partial charge in [0.15, 0.2) is 5.43 Å². The second-order valence-corrected chi connectivity index (χ2v) is 3.20. The molecule has 0 fully saturated rings. The Hall–Kier alpha value is -2.04. The quantitative estimate of drug-likeness (QED) is 0.619. The van der Waals surface area contributed by atoms with Gasteiger partial charge in [-0.25, -0.2) is 4.79 Å². The van der Waals surface area contributed by atoms with Gasteiger partial charge >= 0.3 is 5.97 Å². The summed E-state index contributed by atoms with van der Waals surface area (Å²) in [5, 5.41) is 8.62. The number of carboxylic acid groups (broad SMARTS) is 1. The van der Waals surface area contributed by atoms with Crippen LogP contribution in [0.5, 0.6) is 0 Å². The molecule has 1 heterocycles. The Balaban J connectivity index is 3.43. The van der Waals surface area contributed by atoms with Gasteiger partial charge in [-0.1, -0.05) is 0 Å². The van der Waals surface area contributed by atoms with Gasteiger partial charge in [-0.15, -0.1) is 0 Å². The van der Waals surface area contributed by atoms with Crippen molar-refractivity contribution in [3.63, 3.8) is 0 Å². The van der Waals surface area contributed by atoms with Crippen LogP contribution in [0.15, 0.2) is 21.4 Å². The fourth-order valence-corrected chi connectivity index (χ4v) is 1.39. The summed E-state index contributed by atoms with van der Waals surface area (Å²) in [4.78, 5) is 22.2. The third-order valence-corrected chi connectivity index (χ3v) is 1.97. The van der Waals surface area contributed by atoms with Crippen LogP contribution in [0.3, 0.4) is 0 Å². The molecule has 1 rings (SSSR count). The van der Waals surface area contributed by atoms with Crippen LogP contribution in [0.25, 0.3) is 5.76 Å². The maximum Gasteiger partial charge on any atom is 0.332 e. The molecule has 0 aliphatic carbocycles. The third-order valence-electron chi connectivity index (χ3n) is 1.97. The fourth-order valence-electron chi connectivity index (χ4n) is 1.39. The first-order valence-electron chi connectivity index (χ1n) is 4.56. The number of carboxylic acids is 1. The Labute approximate surface area is 92.0 Å². The van der Waals surface area contributed by atoms with E-state index < -0.39 is 5.97 Å². The Morgan fingerprint density at radius 3 is 2.56 bits per heavy atom. The van der Waals surface area contributed by atoms with Gasteiger partial charge in [0.05, 0.1) is 13.2 Å². The van der Waals surface area contributed by atoms with Gasteiger partial charge in [-0.05, 0) is 13.8 Å². The molecule has 5 nitrogen and oxygen atoms in total. The van der Waals surface area contributed by atoms with Crippen LogP contribution < -0.4 is 5.43 Å². The molecule has 0 saturated heterocycles. The van der Waals surface area contributed by atoms with E-state index in [0.29, 0.717) is 11.5 Å². The number of aliphatic carboxylic acids is 1. The van der Waals surface area contributed by atoms with Crippen molar-refractivity contribution in [1.29, 1.82) is 0 Å². The van der Waals surface area contributed by atoms with Gasteiger partial charge in [0.1, 0.15) is 22.8 Å². The molecule has 0 bridgehead atoms. The van der Waals surface area contributed by atoms with Crippen LogP contribution >= 0.6 is 0 Å². The molecule has 0 atom stereocenters. The Morgan fingerprint density at radius 2 is 2.12 bits per heavy atom. The Morgan fingerprint density at radius 1 is 1.50 bits per heavy atom. The molecule has 0 amide bonds. The van der Waals surface area contributed by atoms with E-state index >= 15 is 0 Å². The monoisotopic (exact) mass is 224 g/mol. The van der Waals surface area contributed by atoms with Crippen molar-refractivity contribution in [2.45, 2.75) is 13.8 Å². The number of ether oxygens (including phenoxy) is 1. The first kappa shape index (κ1) is 12.0. The van der Waals surface area contributed by atoms with E-state index in [-0.39, 0.29) is 16.8 Å². The van der Waals surface area contributed by atoms with Crippen LogP contribution in [-0.4, -0.2) is 18.2 Å². The molecular formula is C11H12O5. The third kappa shape index (κ3) is 2.50. The van der Waals surface area contributed by atoms with Crippen LogP contribution in [0, 0.1) is 13.8 Å². The van der Waals surface area contributed by atoms with Gasteiger partial charge in [0.25, 0.3) is 0 Å². The molecule has 0 saturated carbocycles. The molecule has 0 radical (unpaired) electrons. The molecule has 16 heavy (non-hydrogen) atoms. The van der Waals surface area contributed by atoms with E-state index in [1.165, 1.54) is 13.2 Å². The highest BCUT2D eigenvalue weighted by molar-refractivity contribution is 5.88. The number of hydrogen-bond acceptors (Lipinski definition) is 4. The number of aryl methyl sites for hydroxylation is 2. The predicted octanol–water partition coefficient (Wildman–Crippen LogP) is 1.33. The summed E-state index contributed by atoms with van der Waals surface area (Å²) in [6.07, 6.45) is 0.828. The lowest BCUT2D eigenvalue weighted by Gasteiger charge is -2.07. The average molecular weight is 224 g/mol. The molecule has 0 unspecified atom stereocenters. The standard InChI is InChI=1S/C11H12O5/c1-6-4-8(12)11(7(2)16-6)9(15-3)5-10(13)14/h4-5H,1-3H3,(H,13,14)/b9-5+. The topological polar surface area (TPSA) is 76.7 Å². The zero-order valence-corrected chi connectivity index (χ0v) is 9.23. The molecule has 0 aliphatic heterocycles.